The van der Waals surface area contributed by atoms with Crippen LogP contribution in [-0.2, 0) is 0 Å². The van der Waals surface area contributed by atoms with E-state index >= 15 is 0 Å². The number of phenols is 1. The van der Waals surface area contributed by atoms with Gasteiger partial charge in [-0.25, -0.2) is 0 Å². The number of hydrogen-bond donors (Lipinski definition) is 2. The van der Waals surface area contributed by atoms with E-state index in [2.05, 4.69) is 9.88 Å². The normalized spacial score (nSPS) is 14.2. The number of aromatic nitrogens is 1. The average Bonchev–Trinajstić information content (AvgIpc) is 3.36. The highest BCUT2D eigenvalue weighted by Gasteiger charge is 2.24. The van der Waals surface area contributed by atoms with Crippen LogP contribution in [-0.4, -0.2) is 28.1 Å². The molecule has 1 saturated heterocycles. The van der Waals surface area contributed by atoms with Gasteiger partial charge in [-0.1, -0.05) is 24.3 Å². The van der Waals surface area contributed by atoms with E-state index in [1.807, 2.05) is 30.3 Å². The van der Waals surface area contributed by atoms with Crippen LogP contribution in [0.2, 0.25) is 0 Å². The number of nitrogens with one attached hydrogen (secondary N) is 1. The number of non-ortho nitro benzene ring substituents is 1. The summed E-state index contributed by atoms with van der Waals surface area (Å²) in [5, 5.41) is 24.4. The summed E-state index contributed by atoms with van der Waals surface area (Å²) < 4.78 is 0. The van der Waals surface area contributed by atoms with Crippen LogP contribution in [0.1, 0.15) is 12.8 Å². The standard InChI is InChI=1S/C22H19N3O3/c26-19-13-18-21(17-6-2-1-5-16(17)19)23-20(22(18)24-11-3-4-12-24)14-7-9-15(10-8-14)25(27)28/h1-2,5-10,13,23,26H,3-4,11-12H2. The van der Waals surface area contributed by atoms with Crippen LogP contribution in [0.4, 0.5) is 11.4 Å². The molecule has 0 amide bonds. The molecule has 6 heteroatoms. The molecule has 0 saturated carbocycles. The summed E-state index contributed by atoms with van der Waals surface area (Å²) in [5.74, 6) is 0.262. The molecular formula is C22H19N3O3. The molecule has 3 aromatic carbocycles. The number of anilines is 1. The van der Waals surface area contributed by atoms with E-state index in [1.165, 1.54) is 12.1 Å². The van der Waals surface area contributed by atoms with Crippen molar-refractivity contribution in [3.63, 3.8) is 0 Å². The van der Waals surface area contributed by atoms with Crippen LogP contribution in [0.3, 0.4) is 0 Å². The number of fused-ring (bicyclic) bond motifs is 3. The molecule has 1 aliphatic heterocycles. The van der Waals surface area contributed by atoms with Crippen LogP contribution in [0.5, 0.6) is 5.75 Å². The molecule has 1 aromatic heterocycles. The van der Waals surface area contributed by atoms with Gasteiger partial charge in [0.1, 0.15) is 5.75 Å². The monoisotopic (exact) mass is 373 g/mol. The summed E-state index contributed by atoms with van der Waals surface area (Å²) >= 11 is 0. The first-order valence-corrected chi connectivity index (χ1v) is 9.39. The van der Waals surface area contributed by atoms with Crippen LogP contribution < -0.4 is 4.90 Å². The number of H-pyrrole nitrogens is 1. The maximum atomic E-state index is 11.0. The number of nitrogens with zero attached hydrogens (tertiary/aromatic N) is 2. The van der Waals surface area contributed by atoms with Crippen LogP contribution in [0.25, 0.3) is 32.9 Å². The van der Waals surface area contributed by atoms with Crippen LogP contribution in [0.15, 0.2) is 54.6 Å². The molecule has 0 radical (unpaired) electrons. The van der Waals surface area contributed by atoms with Crippen molar-refractivity contribution in [1.29, 1.82) is 0 Å². The van der Waals surface area contributed by atoms with E-state index in [9.17, 15) is 15.2 Å². The topological polar surface area (TPSA) is 82.4 Å². The molecule has 1 fully saturated rings. The molecule has 6 nitrogen and oxygen atoms in total. The second-order valence-corrected chi connectivity index (χ2v) is 7.21. The third-order valence-corrected chi connectivity index (χ3v) is 5.55. The number of phenolic OH excluding ortho intramolecular Hbond substituents is 1. The van der Waals surface area contributed by atoms with Crippen LogP contribution >= 0.6 is 0 Å². The summed E-state index contributed by atoms with van der Waals surface area (Å²) in [4.78, 5) is 16.5. The number of nitro benzene ring substituents is 1. The first-order chi connectivity index (χ1) is 13.6. The zero-order valence-corrected chi connectivity index (χ0v) is 15.2. The van der Waals surface area contributed by atoms with Crippen molar-refractivity contribution >= 4 is 33.1 Å². The Hall–Kier alpha value is -3.54. The Balaban J connectivity index is 1.81. The first kappa shape index (κ1) is 16.6. The van der Waals surface area contributed by atoms with Crippen molar-refractivity contribution < 1.29 is 10.0 Å². The second-order valence-electron chi connectivity index (χ2n) is 7.21. The molecule has 0 spiro atoms. The molecule has 28 heavy (non-hydrogen) atoms. The molecule has 0 bridgehead atoms. The van der Waals surface area contributed by atoms with E-state index in [0.717, 1.165) is 64.6 Å². The predicted molar refractivity (Wildman–Crippen MR) is 111 cm³/mol. The fourth-order valence-electron chi connectivity index (χ4n) is 4.22. The molecule has 1 aliphatic rings. The van der Waals surface area contributed by atoms with Gasteiger partial charge in [0.25, 0.3) is 5.69 Å². The van der Waals surface area contributed by atoms with E-state index < -0.39 is 0 Å². The number of aromatic amines is 1. The van der Waals surface area contributed by atoms with E-state index in [0.29, 0.717) is 0 Å². The zero-order chi connectivity index (χ0) is 19.3. The minimum absolute atomic E-state index is 0.0747. The van der Waals surface area contributed by atoms with Crippen molar-refractivity contribution in [3.05, 3.63) is 64.7 Å². The number of aromatic hydroxyl groups is 1. The van der Waals surface area contributed by atoms with Gasteiger partial charge in [-0.2, -0.15) is 0 Å². The Morgan fingerprint density at radius 2 is 1.64 bits per heavy atom. The molecule has 2 N–H and O–H groups in total. The Labute approximate surface area is 161 Å². The largest absolute Gasteiger partial charge is 0.507 e. The van der Waals surface area contributed by atoms with E-state index in [-0.39, 0.29) is 16.4 Å². The third kappa shape index (κ3) is 2.49. The third-order valence-electron chi connectivity index (χ3n) is 5.55. The van der Waals surface area contributed by atoms with Gasteiger partial charge in [0.05, 0.1) is 21.8 Å². The molecular weight excluding hydrogens is 354 g/mol. The van der Waals surface area contributed by atoms with Crippen LogP contribution in [0, 0.1) is 10.1 Å². The van der Waals surface area contributed by atoms with Gasteiger partial charge in [0.15, 0.2) is 0 Å². The number of hydrogen-bond acceptors (Lipinski definition) is 4. The molecule has 2 heterocycles. The van der Waals surface area contributed by atoms with Crippen molar-refractivity contribution in [2.24, 2.45) is 0 Å². The van der Waals surface area contributed by atoms with Crippen molar-refractivity contribution in [3.8, 4) is 17.0 Å². The molecule has 4 aromatic rings. The lowest BCUT2D eigenvalue weighted by atomic mass is 10.0. The first-order valence-electron chi connectivity index (χ1n) is 9.39. The Morgan fingerprint density at radius 1 is 0.964 bits per heavy atom. The van der Waals surface area contributed by atoms with Gasteiger partial charge in [-0.3, -0.25) is 10.1 Å². The molecule has 140 valence electrons. The summed E-state index contributed by atoms with van der Waals surface area (Å²) in [5.41, 5.74) is 3.94. The fraction of sp³-hybridized carbons (Fsp3) is 0.182. The SMILES string of the molecule is O=[N+]([O-])c1ccc(-c2[nH]c3c(cc(O)c4ccccc43)c2N2CCCC2)cc1. The van der Waals surface area contributed by atoms with Crippen molar-refractivity contribution in [2.45, 2.75) is 12.8 Å². The molecule has 0 unspecified atom stereocenters. The minimum Gasteiger partial charge on any atom is -0.507 e. The molecule has 0 atom stereocenters. The summed E-state index contributed by atoms with van der Waals surface area (Å²) in [7, 11) is 0. The highest BCUT2D eigenvalue weighted by molar-refractivity contribution is 6.15. The van der Waals surface area contributed by atoms with Crippen molar-refractivity contribution in [1.82, 2.24) is 4.98 Å². The maximum Gasteiger partial charge on any atom is 0.269 e. The lowest BCUT2D eigenvalue weighted by Gasteiger charge is -2.19. The van der Waals surface area contributed by atoms with Gasteiger partial charge in [0, 0.05) is 46.9 Å². The van der Waals surface area contributed by atoms with Gasteiger partial charge in [-0.15, -0.1) is 0 Å². The lowest BCUT2D eigenvalue weighted by Crippen LogP contribution is -2.18. The number of nitro groups is 1. The summed E-state index contributed by atoms with van der Waals surface area (Å²) in [6, 6.07) is 16.2. The predicted octanol–water partition coefficient (Wildman–Crippen LogP) is 5.20. The van der Waals surface area contributed by atoms with Gasteiger partial charge in [-0.05, 0) is 31.0 Å². The number of benzene rings is 3. The molecule has 0 aliphatic carbocycles. The second kappa shape index (κ2) is 6.27. The zero-order valence-electron chi connectivity index (χ0n) is 15.2. The highest BCUT2D eigenvalue weighted by atomic mass is 16.6. The Kier molecular flexibility index (Phi) is 3.72. The molecule has 5 rings (SSSR count). The van der Waals surface area contributed by atoms with Gasteiger partial charge in [0.2, 0.25) is 0 Å². The van der Waals surface area contributed by atoms with E-state index in [1.54, 1.807) is 12.1 Å². The number of rotatable bonds is 3. The maximum absolute atomic E-state index is 11.0. The van der Waals surface area contributed by atoms with Gasteiger partial charge >= 0.3 is 0 Å². The highest BCUT2D eigenvalue weighted by Crippen LogP contribution is 2.44. The Bertz CT molecular complexity index is 1210. The lowest BCUT2D eigenvalue weighted by molar-refractivity contribution is -0.384. The van der Waals surface area contributed by atoms with Gasteiger partial charge < -0.3 is 15.0 Å². The van der Waals surface area contributed by atoms with E-state index in [4.69, 9.17) is 0 Å². The Morgan fingerprint density at radius 3 is 2.32 bits per heavy atom. The summed E-state index contributed by atoms with van der Waals surface area (Å²) in [6.45, 7) is 1.92. The summed E-state index contributed by atoms with van der Waals surface area (Å²) in [6.07, 6.45) is 2.26. The van der Waals surface area contributed by atoms with Crippen molar-refractivity contribution in [2.75, 3.05) is 18.0 Å². The fourth-order valence-corrected chi connectivity index (χ4v) is 4.22. The average molecular weight is 373 g/mol. The minimum atomic E-state index is -0.387. The quantitative estimate of drug-likeness (QED) is 0.382. The smallest absolute Gasteiger partial charge is 0.269 e.